The van der Waals surface area contributed by atoms with Crippen LogP contribution >= 0.6 is 7.60 Å². The van der Waals surface area contributed by atoms with E-state index in [-0.39, 0.29) is 16.7 Å². The SMILES string of the molecule is Cc1cc(C)c(C(=O)c2ccccc2P(=O)(O)O)c(C)c1. The summed E-state index contributed by atoms with van der Waals surface area (Å²) in [4.78, 5) is 31.5. The zero-order chi connectivity index (χ0) is 15.8. The number of hydrogen-bond donors (Lipinski definition) is 2. The Morgan fingerprint density at radius 2 is 1.52 bits per heavy atom. The Morgan fingerprint density at radius 3 is 2.05 bits per heavy atom. The van der Waals surface area contributed by atoms with E-state index in [2.05, 4.69) is 0 Å². The van der Waals surface area contributed by atoms with Gasteiger partial charge in [-0.2, -0.15) is 0 Å². The van der Waals surface area contributed by atoms with Crippen LogP contribution in [0.4, 0.5) is 0 Å². The largest absolute Gasteiger partial charge is 0.356 e. The summed E-state index contributed by atoms with van der Waals surface area (Å²) in [6.45, 7) is 5.60. The fourth-order valence-corrected chi connectivity index (χ4v) is 3.36. The van der Waals surface area contributed by atoms with Crippen molar-refractivity contribution in [2.24, 2.45) is 0 Å². The third-order valence-electron chi connectivity index (χ3n) is 3.37. The highest BCUT2D eigenvalue weighted by molar-refractivity contribution is 7.60. The van der Waals surface area contributed by atoms with E-state index in [0.717, 1.165) is 16.7 Å². The minimum atomic E-state index is -4.49. The van der Waals surface area contributed by atoms with Crippen LogP contribution in [0.2, 0.25) is 0 Å². The zero-order valence-electron chi connectivity index (χ0n) is 12.1. The molecule has 110 valence electrons. The normalized spacial score (nSPS) is 11.5. The lowest BCUT2D eigenvalue weighted by Gasteiger charge is -2.14. The first kappa shape index (κ1) is 15.6. The van der Waals surface area contributed by atoms with E-state index < -0.39 is 7.60 Å². The van der Waals surface area contributed by atoms with Crippen LogP contribution in [0, 0.1) is 20.8 Å². The Morgan fingerprint density at radius 1 is 1.00 bits per heavy atom. The van der Waals surface area contributed by atoms with Crippen LogP contribution in [0.15, 0.2) is 36.4 Å². The number of ketones is 1. The fourth-order valence-electron chi connectivity index (χ4n) is 2.59. The molecule has 4 nitrogen and oxygen atoms in total. The van der Waals surface area contributed by atoms with Gasteiger partial charge in [0.05, 0.1) is 5.30 Å². The summed E-state index contributed by atoms with van der Waals surface area (Å²) >= 11 is 0. The van der Waals surface area contributed by atoms with Crippen molar-refractivity contribution in [3.05, 3.63) is 64.2 Å². The monoisotopic (exact) mass is 304 g/mol. The van der Waals surface area contributed by atoms with Gasteiger partial charge in [0.2, 0.25) is 0 Å². The molecule has 0 unspecified atom stereocenters. The topological polar surface area (TPSA) is 74.6 Å². The van der Waals surface area contributed by atoms with Crippen LogP contribution in [0.3, 0.4) is 0 Å². The molecule has 2 N–H and O–H groups in total. The van der Waals surface area contributed by atoms with Crippen molar-refractivity contribution < 1.29 is 19.1 Å². The highest BCUT2D eigenvalue weighted by Gasteiger charge is 2.26. The van der Waals surface area contributed by atoms with Gasteiger partial charge < -0.3 is 9.79 Å². The molecule has 0 aromatic heterocycles. The van der Waals surface area contributed by atoms with E-state index in [1.54, 1.807) is 6.07 Å². The van der Waals surface area contributed by atoms with Gasteiger partial charge in [0, 0.05) is 11.1 Å². The standard InChI is InChI=1S/C16H17O4P/c1-10-8-11(2)15(12(3)9-10)16(17)13-6-4-5-7-14(13)21(18,19)20/h4-9H,1-3H3,(H2,18,19,20). The van der Waals surface area contributed by atoms with Crippen molar-refractivity contribution in [2.45, 2.75) is 20.8 Å². The van der Waals surface area contributed by atoms with Gasteiger partial charge in [0.15, 0.2) is 5.78 Å². The van der Waals surface area contributed by atoms with Crippen molar-refractivity contribution in [1.29, 1.82) is 0 Å². The predicted molar refractivity (Wildman–Crippen MR) is 82.2 cm³/mol. The van der Waals surface area contributed by atoms with Gasteiger partial charge in [-0.25, -0.2) is 0 Å². The lowest BCUT2D eigenvalue weighted by Crippen LogP contribution is -2.18. The van der Waals surface area contributed by atoms with Gasteiger partial charge in [0.1, 0.15) is 0 Å². The van der Waals surface area contributed by atoms with Crippen molar-refractivity contribution >= 4 is 18.7 Å². The molecule has 0 saturated heterocycles. The van der Waals surface area contributed by atoms with Crippen LogP contribution < -0.4 is 5.30 Å². The number of carbonyl (C=O) groups is 1. The molecule has 0 saturated carbocycles. The van der Waals surface area contributed by atoms with Crippen molar-refractivity contribution in [3.63, 3.8) is 0 Å². The van der Waals surface area contributed by atoms with Crippen molar-refractivity contribution in [2.75, 3.05) is 0 Å². The Kier molecular flexibility index (Phi) is 4.15. The van der Waals surface area contributed by atoms with Gasteiger partial charge in [-0.15, -0.1) is 0 Å². The van der Waals surface area contributed by atoms with Gasteiger partial charge in [-0.05, 0) is 38.0 Å². The molecule has 21 heavy (non-hydrogen) atoms. The second kappa shape index (κ2) is 5.57. The van der Waals surface area contributed by atoms with Crippen molar-refractivity contribution in [3.8, 4) is 0 Å². The molecule has 0 atom stereocenters. The Hall–Kier alpha value is -1.74. The van der Waals surface area contributed by atoms with Gasteiger partial charge in [-0.3, -0.25) is 9.36 Å². The minimum Gasteiger partial charge on any atom is -0.321 e. The minimum absolute atomic E-state index is 0.0564. The Bertz CT molecular complexity index is 736. The van der Waals surface area contributed by atoms with Crippen LogP contribution in [0.5, 0.6) is 0 Å². The molecular formula is C16H17O4P. The molecule has 2 aromatic carbocycles. The van der Waals surface area contributed by atoms with E-state index in [0.29, 0.717) is 5.56 Å². The van der Waals surface area contributed by atoms with E-state index in [9.17, 15) is 19.1 Å². The molecule has 2 aromatic rings. The number of aryl methyl sites for hydroxylation is 3. The zero-order valence-corrected chi connectivity index (χ0v) is 13.0. The third-order valence-corrected chi connectivity index (χ3v) is 4.38. The Labute approximate surface area is 123 Å². The highest BCUT2D eigenvalue weighted by atomic mass is 31.2. The average Bonchev–Trinajstić information content (AvgIpc) is 2.36. The van der Waals surface area contributed by atoms with Crippen molar-refractivity contribution in [1.82, 2.24) is 0 Å². The number of rotatable bonds is 3. The average molecular weight is 304 g/mol. The molecule has 0 aliphatic carbocycles. The molecule has 0 amide bonds. The quantitative estimate of drug-likeness (QED) is 0.675. The van der Waals surface area contributed by atoms with Crippen LogP contribution in [0.25, 0.3) is 0 Å². The maximum Gasteiger partial charge on any atom is 0.356 e. The Balaban J connectivity index is 2.65. The molecule has 5 heteroatoms. The van der Waals surface area contributed by atoms with Crippen LogP contribution in [-0.2, 0) is 4.57 Å². The molecule has 0 spiro atoms. The smallest absolute Gasteiger partial charge is 0.321 e. The van der Waals surface area contributed by atoms with E-state index in [1.807, 2.05) is 32.9 Å². The summed E-state index contributed by atoms with van der Waals surface area (Å²) in [7, 11) is -4.49. The molecule has 2 rings (SSSR count). The summed E-state index contributed by atoms with van der Waals surface area (Å²) in [6, 6.07) is 9.65. The molecule has 0 aliphatic rings. The summed E-state index contributed by atoms with van der Waals surface area (Å²) in [5.41, 5.74) is 3.21. The molecule has 0 fully saturated rings. The molecule has 0 bridgehead atoms. The van der Waals surface area contributed by atoms with E-state index in [4.69, 9.17) is 0 Å². The summed E-state index contributed by atoms with van der Waals surface area (Å²) in [6.07, 6.45) is 0. The molecular weight excluding hydrogens is 287 g/mol. The lowest BCUT2D eigenvalue weighted by atomic mass is 9.93. The first-order chi connectivity index (χ1) is 9.71. The highest BCUT2D eigenvalue weighted by Crippen LogP contribution is 2.35. The molecule has 0 heterocycles. The first-order valence-electron chi connectivity index (χ1n) is 6.49. The second-order valence-electron chi connectivity index (χ2n) is 5.16. The lowest BCUT2D eigenvalue weighted by molar-refractivity contribution is 0.103. The summed E-state index contributed by atoms with van der Waals surface area (Å²) < 4.78 is 11.6. The van der Waals surface area contributed by atoms with E-state index >= 15 is 0 Å². The number of benzene rings is 2. The van der Waals surface area contributed by atoms with Crippen LogP contribution in [0.1, 0.15) is 32.6 Å². The number of carbonyl (C=O) groups excluding carboxylic acids is 1. The summed E-state index contributed by atoms with van der Waals surface area (Å²) in [5, 5.41) is -0.227. The van der Waals surface area contributed by atoms with Gasteiger partial charge >= 0.3 is 7.60 Å². The molecule has 0 aliphatic heterocycles. The third kappa shape index (κ3) is 3.13. The van der Waals surface area contributed by atoms with Gasteiger partial charge in [0.25, 0.3) is 0 Å². The first-order valence-corrected chi connectivity index (χ1v) is 8.10. The summed E-state index contributed by atoms with van der Waals surface area (Å²) in [5.74, 6) is -0.357. The second-order valence-corrected chi connectivity index (χ2v) is 6.73. The predicted octanol–water partition coefficient (Wildman–Crippen LogP) is 2.65. The van der Waals surface area contributed by atoms with Crippen LogP contribution in [-0.4, -0.2) is 15.6 Å². The van der Waals surface area contributed by atoms with E-state index in [1.165, 1.54) is 18.2 Å². The fraction of sp³-hybridized carbons (Fsp3) is 0.188. The van der Waals surface area contributed by atoms with Gasteiger partial charge in [-0.1, -0.05) is 35.9 Å². The molecule has 0 radical (unpaired) electrons. The maximum atomic E-state index is 12.7. The maximum absolute atomic E-state index is 12.7. The number of hydrogen-bond acceptors (Lipinski definition) is 2.